The first-order chi connectivity index (χ1) is 10.2. The molecule has 0 aromatic carbocycles. The Hall–Kier alpha value is -1.95. The van der Waals surface area contributed by atoms with Crippen molar-refractivity contribution in [3.63, 3.8) is 0 Å². The van der Waals surface area contributed by atoms with E-state index in [1.165, 1.54) is 6.20 Å². The van der Waals surface area contributed by atoms with Crippen molar-refractivity contribution in [1.82, 2.24) is 4.98 Å². The maximum Gasteiger partial charge on any atom is 0.339 e. The van der Waals surface area contributed by atoms with Crippen LogP contribution in [0.1, 0.15) is 36.0 Å². The average Bonchev–Trinajstić information content (AvgIpc) is 3.06. The Labute approximate surface area is 123 Å². The number of aliphatic hydroxyl groups is 1. The summed E-state index contributed by atoms with van der Waals surface area (Å²) in [4.78, 5) is 27.4. The van der Waals surface area contributed by atoms with Crippen LogP contribution >= 0.6 is 0 Å². The van der Waals surface area contributed by atoms with E-state index in [2.05, 4.69) is 4.98 Å². The van der Waals surface area contributed by atoms with Crippen molar-refractivity contribution in [2.45, 2.75) is 31.8 Å². The molecular formula is C15H19NO5. The molecule has 1 aliphatic carbocycles. The van der Waals surface area contributed by atoms with E-state index >= 15 is 0 Å². The van der Waals surface area contributed by atoms with E-state index in [9.17, 15) is 14.7 Å². The van der Waals surface area contributed by atoms with Crippen molar-refractivity contribution in [3.05, 3.63) is 30.1 Å². The number of pyridine rings is 1. The third kappa shape index (κ3) is 4.53. The van der Waals surface area contributed by atoms with Crippen molar-refractivity contribution in [3.8, 4) is 0 Å². The number of hydrogen-bond donors (Lipinski definition) is 1. The van der Waals surface area contributed by atoms with Gasteiger partial charge in [0.25, 0.3) is 0 Å². The lowest BCUT2D eigenvalue weighted by Crippen LogP contribution is -2.30. The molecule has 0 spiro atoms. The summed E-state index contributed by atoms with van der Waals surface area (Å²) in [6, 6.07) is 3.20. The van der Waals surface area contributed by atoms with Crippen LogP contribution in [0.4, 0.5) is 0 Å². The highest BCUT2D eigenvalue weighted by Crippen LogP contribution is 2.26. The summed E-state index contributed by atoms with van der Waals surface area (Å²) in [5.41, 5.74) is 0.316. The van der Waals surface area contributed by atoms with Gasteiger partial charge in [-0.2, -0.15) is 0 Å². The second-order valence-corrected chi connectivity index (χ2v) is 5.06. The number of ether oxygens (including phenoxy) is 2. The van der Waals surface area contributed by atoms with Gasteiger partial charge < -0.3 is 14.6 Å². The SMILES string of the molecule is O=C(OCC(CO)OC(=O)C1CCCC1)c1cccnc1. The number of esters is 2. The molecule has 1 aromatic heterocycles. The summed E-state index contributed by atoms with van der Waals surface area (Å²) in [5.74, 6) is -0.962. The molecule has 1 heterocycles. The number of aliphatic hydroxyl groups excluding tert-OH is 1. The lowest BCUT2D eigenvalue weighted by atomic mass is 10.1. The van der Waals surface area contributed by atoms with Gasteiger partial charge in [0.1, 0.15) is 6.61 Å². The second-order valence-electron chi connectivity index (χ2n) is 5.06. The van der Waals surface area contributed by atoms with Gasteiger partial charge in [0.15, 0.2) is 6.10 Å². The predicted molar refractivity (Wildman–Crippen MR) is 73.4 cm³/mol. The van der Waals surface area contributed by atoms with Crippen LogP contribution in [-0.4, -0.2) is 41.3 Å². The first-order valence-corrected chi connectivity index (χ1v) is 7.09. The zero-order valence-electron chi connectivity index (χ0n) is 11.7. The fraction of sp³-hybridized carbons (Fsp3) is 0.533. The van der Waals surface area contributed by atoms with E-state index in [4.69, 9.17) is 9.47 Å². The number of rotatable bonds is 6. The van der Waals surface area contributed by atoms with E-state index in [1.807, 2.05) is 0 Å². The maximum absolute atomic E-state index is 11.8. The van der Waals surface area contributed by atoms with Crippen LogP contribution in [0.25, 0.3) is 0 Å². The molecule has 6 nitrogen and oxygen atoms in total. The summed E-state index contributed by atoms with van der Waals surface area (Å²) < 4.78 is 10.2. The lowest BCUT2D eigenvalue weighted by Gasteiger charge is -2.18. The van der Waals surface area contributed by atoms with Crippen LogP contribution in [0, 0.1) is 5.92 Å². The fourth-order valence-corrected chi connectivity index (χ4v) is 2.28. The zero-order chi connectivity index (χ0) is 15.1. The molecule has 6 heteroatoms. The minimum Gasteiger partial charge on any atom is -0.458 e. The minimum absolute atomic E-state index is 0.0897. The van der Waals surface area contributed by atoms with E-state index in [-0.39, 0.29) is 25.1 Å². The van der Waals surface area contributed by atoms with E-state index in [1.54, 1.807) is 18.3 Å². The molecule has 0 aliphatic heterocycles. The number of carbonyl (C=O) groups is 2. The Morgan fingerprint density at radius 3 is 2.76 bits per heavy atom. The van der Waals surface area contributed by atoms with Gasteiger partial charge >= 0.3 is 11.9 Å². The Morgan fingerprint density at radius 2 is 2.14 bits per heavy atom. The molecule has 0 bridgehead atoms. The molecule has 1 fully saturated rings. The van der Waals surface area contributed by atoms with E-state index < -0.39 is 12.1 Å². The molecule has 1 atom stereocenters. The molecule has 21 heavy (non-hydrogen) atoms. The summed E-state index contributed by atoms with van der Waals surface area (Å²) in [5, 5.41) is 9.22. The highest BCUT2D eigenvalue weighted by Gasteiger charge is 2.27. The fourth-order valence-electron chi connectivity index (χ4n) is 2.28. The van der Waals surface area contributed by atoms with Crippen LogP contribution in [0.5, 0.6) is 0 Å². The minimum atomic E-state index is -0.821. The van der Waals surface area contributed by atoms with Crippen LogP contribution in [0.3, 0.4) is 0 Å². The van der Waals surface area contributed by atoms with Gasteiger partial charge in [0.05, 0.1) is 18.1 Å². The highest BCUT2D eigenvalue weighted by molar-refractivity contribution is 5.88. The number of carbonyl (C=O) groups excluding carboxylic acids is 2. The van der Waals surface area contributed by atoms with Gasteiger partial charge in [-0.05, 0) is 25.0 Å². The van der Waals surface area contributed by atoms with Gasteiger partial charge in [-0.1, -0.05) is 12.8 Å². The number of aromatic nitrogens is 1. The van der Waals surface area contributed by atoms with Gasteiger partial charge in [0.2, 0.25) is 0 Å². The first-order valence-electron chi connectivity index (χ1n) is 7.09. The zero-order valence-corrected chi connectivity index (χ0v) is 11.7. The number of nitrogens with zero attached hydrogens (tertiary/aromatic N) is 1. The van der Waals surface area contributed by atoms with Crippen molar-refractivity contribution < 1.29 is 24.2 Å². The second kappa shape index (κ2) is 7.73. The van der Waals surface area contributed by atoms with Crippen molar-refractivity contribution in [1.29, 1.82) is 0 Å². The molecular weight excluding hydrogens is 274 g/mol. The van der Waals surface area contributed by atoms with Gasteiger partial charge in [-0.25, -0.2) is 4.79 Å². The third-order valence-corrected chi connectivity index (χ3v) is 3.47. The quantitative estimate of drug-likeness (QED) is 0.796. The van der Waals surface area contributed by atoms with Crippen molar-refractivity contribution in [2.75, 3.05) is 13.2 Å². The predicted octanol–water partition coefficient (Wildman–Crippen LogP) is 1.33. The smallest absolute Gasteiger partial charge is 0.339 e. The lowest BCUT2D eigenvalue weighted by molar-refractivity contribution is -0.158. The average molecular weight is 293 g/mol. The van der Waals surface area contributed by atoms with Gasteiger partial charge in [-0.3, -0.25) is 9.78 Å². The molecule has 1 N–H and O–H groups in total. The van der Waals surface area contributed by atoms with Crippen molar-refractivity contribution in [2.24, 2.45) is 5.92 Å². The summed E-state index contributed by atoms with van der Waals surface area (Å²) in [6.07, 6.45) is 5.83. The Balaban J connectivity index is 1.79. The van der Waals surface area contributed by atoms with Crippen LogP contribution in [-0.2, 0) is 14.3 Å². The summed E-state index contributed by atoms with van der Waals surface area (Å²) in [7, 11) is 0. The molecule has 114 valence electrons. The van der Waals surface area contributed by atoms with Crippen LogP contribution < -0.4 is 0 Å². The molecule has 1 saturated carbocycles. The van der Waals surface area contributed by atoms with Crippen LogP contribution in [0.2, 0.25) is 0 Å². The largest absolute Gasteiger partial charge is 0.458 e. The van der Waals surface area contributed by atoms with Crippen molar-refractivity contribution >= 4 is 11.9 Å². The molecule has 1 aromatic rings. The molecule has 0 amide bonds. The monoisotopic (exact) mass is 293 g/mol. The Bertz CT molecular complexity index is 470. The van der Waals surface area contributed by atoms with Gasteiger partial charge in [-0.15, -0.1) is 0 Å². The number of hydrogen-bond acceptors (Lipinski definition) is 6. The maximum atomic E-state index is 11.8. The third-order valence-electron chi connectivity index (χ3n) is 3.47. The standard InChI is InChI=1S/C15H19NO5/c17-9-13(21-15(19)11-4-1-2-5-11)10-20-14(18)12-6-3-7-16-8-12/h3,6-8,11,13,17H,1-2,4-5,9-10H2. The van der Waals surface area contributed by atoms with Gasteiger partial charge in [0, 0.05) is 12.4 Å². The molecule has 2 rings (SSSR count). The van der Waals surface area contributed by atoms with E-state index in [0.29, 0.717) is 5.56 Å². The molecule has 0 radical (unpaired) electrons. The summed E-state index contributed by atoms with van der Waals surface area (Å²) in [6.45, 7) is -0.540. The molecule has 1 aliphatic rings. The van der Waals surface area contributed by atoms with Crippen LogP contribution in [0.15, 0.2) is 24.5 Å². The topological polar surface area (TPSA) is 85.7 Å². The Morgan fingerprint density at radius 1 is 1.38 bits per heavy atom. The summed E-state index contributed by atoms with van der Waals surface area (Å²) >= 11 is 0. The highest BCUT2D eigenvalue weighted by atomic mass is 16.6. The molecule has 1 unspecified atom stereocenters. The normalized spacial score (nSPS) is 16.4. The Kier molecular flexibility index (Phi) is 5.68. The van der Waals surface area contributed by atoms with E-state index in [0.717, 1.165) is 25.7 Å². The molecule has 0 saturated heterocycles. The first kappa shape index (κ1) is 15.4.